The van der Waals surface area contributed by atoms with Crippen LogP contribution in [0.1, 0.15) is 127 Å². The van der Waals surface area contributed by atoms with Crippen molar-refractivity contribution >= 4 is 5.78 Å². The molecular weight excluding hydrogens is 905 g/mol. The van der Waals surface area contributed by atoms with Gasteiger partial charge in [0.25, 0.3) is 0 Å². The Balaban J connectivity index is 1.04. The number of ketones is 1. The van der Waals surface area contributed by atoms with Gasteiger partial charge in [0.05, 0.1) is 6.10 Å². The second-order valence-corrected chi connectivity index (χ2v) is 22.5. The lowest BCUT2D eigenvalue weighted by atomic mass is 9.42. The molecule has 72 heavy (non-hydrogen) atoms. The Bertz CT molecular complexity index is 3010. The molecule has 0 saturated heterocycles. The molecule has 0 amide bonds. The monoisotopic (exact) mass is 970 g/mol. The van der Waals surface area contributed by atoms with Gasteiger partial charge in [0.2, 0.25) is 5.75 Å². The summed E-state index contributed by atoms with van der Waals surface area (Å²) in [5, 5.41) is 68.9. The molecule has 11 heteroatoms. The zero-order valence-corrected chi connectivity index (χ0v) is 40.7. The van der Waals surface area contributed by atoms with Gasteiger partial charge >= 0.3 is 0 Å². The van der Waals surface area contributed by atoms with E-state index in [1.165, 1.54) is 48.1 Å². The zero-order chi connectivity index (χ0) is 49.5. The highest BCUT2D eigenvalue weighted by Gasteiger charge is 2.65. The lowest BCUT2D eigenvalue weighted by Crippen LogP contribution is -2.56. The summed E-state index contributed by atoms with van der Waals surface area (Å²) >= 11 is 0. The van der Waals surface area contributed by atoms with E-state index in [2.05, 4.69) is 41.5 Å². The third kappa shape index (κ3) is 7.72. The first-order valence-electron chi connectivity index (χ1n) is 26.4. The number of aromatic nitrogens is 1. The molecule has 1 heterocycles. The van der Waals surface area contributed by atoms with Gasteiger partial charge < -0.3 is 45.1 Å². The number of ether oxygens (including phenoxy) is 2. The van der Waals surface area contributed by atoms with Crippen LogP contribution in [-0.4, -0.2) is 54.2 Å². The predicted octanol–water partition coefficient (Wildman–Crippen LogP) is 11.1. The van der Waals surface area contributed by atoms with E-state index in [0.717, 1.165) is 47.9 Å². The molecule has 13 rings (SSSR count). The van der Waals surface area contributed by atoms with Crippen LogP contribution >= 0.6 is 0 Å². The zero-order valence-electron chi connectivity index (χ0n) is 40.7. The summed E-state index contributed by atoms with van der Waals surface area (Å²) in [6.45, 7) is -0.0574. The van der Waals surface area contributed by atoms with Gasteiger partial charge in [0.15, 0.2) is 23.0 Å². The number of aliphatic hydroxyl groups excluding tert-OH is 1. The molecule has 11 nitrogen and oxygen atoms in total. The highest BCUT2D eigenvalue weighted by molar-refractivity contribution is 5.82. The lowest BCUT2D eigenvalue weighted by Gasteiger charge is -2.61. The van der Waals surface area contributed by atoms with E-state index in [4.69, 9.17) is 15.2 Å². The van der Waals surface area contributed by atoms with Crippen molar-refractivity contribution in [2.24, 2.45) is 40.7 Å². The Morgan fingerprint density at radius 3 is 2.38 bits per heavy atom. The fraction of sp³-hybridized carbons (Fsp3) is 0.426. The van der Waals surface area contributed by atoms with Crippen LogP contribution in [0.3, 0.4) is 0 Å². The fourth-order valence-corrected chi connectivity index (χ4v) is 16.2. The number of aryl methyl sites for hydroxylation is 1. The molecular formula is C61H66N2O9. The summed E-state index contributed by atoms with van der Waals surface area (Å²) in [5.41, 5.74) is 14.9. The van der Waals surface area contributed by atoms with Crippen molar-refractivity contribution in [3.63, 3.8) is 0 Å². The number of aromatic hydroxyl groups is 5. The molecule has 7 aliphatic rings. The van der Waals surface area contributed by atoms with Crippen molar-refractivity contribution < 1.29 is 44.9 Å². The molecule has 9 N–H and O–H groups in total. The van der Waals surface area contributed by atoms with Gasteiger partial charge in [-0.25, -0.2) is 0 Å². The van der Waals surface area contributed by atoms with E-state index in [0.29, 0.717) is 31.2 Å². The second-order valence-electron chi connectivity index (χ2n) is 22.5. The van der Waals surface area contributed by atoms with E-state index >= 15 is 4.79 Å². The molecule has 0 unspecified atom stereocenters. The number of nitrogens with one attached hydrogen (secondary N) is 1. The number of nitrogens with two attached hydrogens (primary N) is 1. The second kappa shape index (κ2) is 18.3. The van der Waals surface area contributed by atoms with Crippen LogP contribution < -0.4 is 15.2 Å². The first-order valence-corrected chi connectivity index (χ1v) is 26.4. The molecule has 5 aromatic carbocycles. The summed E-state index contributed by atoms with van der Waals surface area (Å²) in [6, 6.07) is 32.4. The van der Waals surface area contributed by atoms with Gasteiger partial charge in [-0.3, -0.25) is 10.5 Å². The summed E-state index contributed by atoms with van der Waals surface area (Å²) < 4.78 is 12.2. The third-order valence-corrected chi connectivity index (χ3v) is 19.0. The first-order chi connectivity index (χ1) is 34.9. The number of fused-ring (bicyclic) bond motifs is 8. The number of phenolic OH excluding ortho intramolecular Hbond substituents is 5. The average Bonchev–Trinajstić information content (AvgIpc) is 3.99. The van der Waals surface area contributed by atoms with E-state index in [1.807, 2.05) is 18.2 Å². The van der Waals surface area contributed by atoms with Crippen molar-refractivity contribution in [1.82, 2.24) is 4.98 Å². The Morgan fingerprint density at radius 1 is 0.764 bits per heavy atom. The van der Waals surface area contributed by atoms with Crippen molar-refractivity contribution in [2.45, 2.75) is 119 Å². The molecule has 7 aliphatic carbocycles. The summed E-state index contributed by atoms with van der Waals surface area (Å²) in [7, 11) is 0. The van der Waals surface area contributed by atoms with Crippen LogP contribution in [0.2, 0.25) is 0 Å². The van der Waals surface area contributed by atoms with Crippen LogP contribution in [0.4, 0.5) is 0 Å². The molecule has 6 aromatic rings. The molecule has 0 aliphatic heterocycles. The minimum Gasteiger partial charge on any atom is -0.508 e. The number of phenols is 5. The maximum Gasteiger partial charge on any atom is 0.200 e. The van der Waals surface area contributed by atoms with Gasteiger partial charge in [-0.1, -0.05) is 67.4 Å². The summed E-state index contributed by atoms with van der Waals surface area (Å²) in [4.78, 5) is 18.8. The van der Waals surface area contributed by atoms with Gasteiger partial charge in [0, 0.05) is 40.8 Å². The van der Waals surface area contributed by atoms with Gasteiger partial charge in [0.1, 0.15) is 30.6 Å². The Kier molecular flexibility index (Phi) is 11.8. The smallest absolute Gasteiger partial charge is 0.200 e. The molecule has 2 bridgehead atoms. The standard InChI is InChI=1S/C61H66N2O9/c62-33-72-52-26-35(13-17-50(52)67)12-16-49(66)44-27-37(24-34-10-14-39(64)15-11-34)43-28-38-29-48(54(55(43)57(44)69)45-30-51(68)58(70)59(53(38)45)71-31-36-6-5-7-40(65)25-36)61-32-60(20-3-4-21-60)22-18-47(61)42-19-23-63-56(42)41-8-1-2-9-46(41)61/h1-2,5-11,13-15,17,19,23,25-26,30,37-38,43-44,47-48,54-55,57,63-65,67-70H,3-4,12,16,18,20-22,24,27-29,31-33,62H2/t37-,38+,43-,44+,47-,48+,54+,55-,57+,61+/m1/s1. The number of hydrogen-bond donors (Lipinski definition) is 8. The lowest BCUT2D eigenvalue weighted by molar-refractivity contribution is -0.136. The predicted molar refractivity (Wildman–Crippen MR) is 273 cm³/mol. The van der Waals surface area contributed by atoms with Gasteiger partial charge in [-0.2, -0.15) is 0 Å². The molecule has 4 fully saturated rings. The fourth-order valence-electron chi connectivity index (χ4n) is 16.2. The maximum absolute atomic E-state index is 15.2. The van der Waals surface area contributed by atoms with Crippen LogP contribution in [0.15, 0.2) is 109 Å². The Labute approximate surface area is 420 Å². The molecule has 1 spiro atoms. The number of carbonyl (C=O) groups is 1. The molecule has 10 atom stereocenters. The highest BCUT2D eigenvalue weighted by Crippen LogP contribution is 2.74. The number of aliphatic hydroxyl groups is 1. The van der Waals surface area contributed by atoms with Crippen molar-refractivity contribution in [1.29, 1.82) is 0 Å². The number of carbonyl (C=O) groups excluding carboxylic acids is 1. The van der Waals surface area contributed by atoms with E-state index < -0.39 is 17.9 Å². The SMILES string of the molecule is NCOc1cc(CCC(=O)[C@@H]2C[C@@H](Cc3ccc(O)cc3)[C@H]3C[C@H]4C[C@H]([C@]56CC7(CCCC7)CC[C@@H]5c5cc[nH]c5-c5ccccc56)[C@H](c5cc(O)c(O)c(OCc6cccc(O)c6)c54)[C@@H]3[C@H]2O)ccc1O. The number of benzene rings is 5. The van der Waals surface area contributed by atoms with Crippen molar-refractivity contribution in [3.8, 4) is 51.5 Å². The number of rotatable bonds is 12. The molecule has 374 valence electrons. The topological polar surface area (TPSA) is 199 Å². The van der Waals surface area contributed by atoms with Crippen LogP contribution in [0.5, 0.6) is 40.2 Å². The quantitative estimate of drug-likeness (QED) is 0.0431. The number of hydrogen-bond acceptors (Lipinski definition) is 10. The molecule has 4 saturated carbocycles. The van der Waals surface area contributed by atoms with E-state index in [-0.39, 0.29) is 112 Å². The minimum absolute atomic E-state index is 0.0242. The average molecular weight is 971 g/mol. The van der Waals surface area contributed by atoms with E-state index in [9.17, 15) is 30.6 Å². The minimum atomic E-state index is -1.03. The van der Waals surface area contributed by atoms with Crippen LogP contribution in [-0.2, 0) is 29.7 Å². The van der Waals surface area contributed by atoms with Crippen LogP contribution in [0, 0.1) is 35.0 Å². The number of Topliss-reactive ketones (excluding diaryl/α,β-unsaturated/α-hetero) is 1. The first kappa shape index (κ1) is 46.6. The van der Waals surface area contributed by atoms with Gasteiger partial charge in [-0.05, 0) is 193 Å². The summed E-state index contributed by atoms with van der Waals surface area (Å²) in [6.07, 6.45) is 12.2. The third-order valence-electron chi connectivity index (χ3n) is 19.0. The molecule has 1 aromatic heterocycles. The van der Waals surface area contributed by atoms with Crippen LogP contribution in [0.25, 0.3) is 11.3 Å². The maximum atomic E-state index is 15.2. The van der Waals surface area contributed by atoms with Crippen molar-refractivity contribution in [3.05, 3.63) is 148 Å². The highest BCUT2D eigenvalue weighted by atomic mass is 16.5. The summed E-state index contributed by atoms with van der Waals surface area (Å²) in [5.74, 6) is -1.43. The molecule has 0 radical (unpaired) electrons. The van der Waals surface area contributed by atoms with Gasteiger partial charge in [-0.15, -0.1) is 0 Å². The normalized spacial score (nSPS) is 28.5. The number of H-pyrrole nitrogens is 1. The number of aromatic amines is 1. The Morgan fingerprint density at radius 2 is 1.57 bits per heavy atom. The van der Waals surface area contributed by atoms with Crippen molar-refractivity contribution in [2.75, 3.05) is 6.73 Å². The Hall–Kier alpha value is -6.43. The largest absolute Gasteiger partial charge is 0.508 e. The van der Waals surface area contributed by atoms with E-state index in [1.54, 1.807) is 54.6 Å².